The SMILES string of the molecule is Cc1ccc(C(=O)N2CCN(Cc3cc(=O)n4ccsc4n3)CC2)cn1. The zero-order chi connectivity index (χ0) is 18.1. The first-order chi connectivity index (χ1) is 12.6. The predicted octanol–water partition coefficient (Wildman–Crippen LogP) is 1.42. The Labute approximate surface area is 154 Å². The highest BCUT2D eigenvalue weighted by molar-refractivity contribution is 7.15. The molecule has 0 aliphatic carbocycles. The Hall–Kier alpha value is -2.58. The van der Waals surface area contributed by atoms with Gasteiger partial charge in [-0.05, 0) is 19.1 Å². The van der Waals surface area contributed by atoms with Gasteiger partial charge in [0.1, 0.15) is 0 Å². The third kappa shape index (κ3) is 3.38. The topological polar surface area (TPSA) is 70.8 Å². The molecule has 0 unspecified atom stereocenters. The molecule has 0 bridgehead atoms. The van der Waals surface area contributed by atoms with Gasteiger partial charge in [0.25, 0.3) is 11.5 Å². The molecule has 1 aliphatic rings. The van der Waals surface area contributed by atoms with Crippen molar-refractivity contribution in [2.45, 2.75) is 13.5 Å². The van der Waals surface area contributed by atoms with Gasteiger partial charge in [-0.3, -0.25) is 23.9 Å². The minimum atomic E-state index is -0.0491. The lowest BCUT2D eigenvalue weighted by molar-refractivity contribution is 0.0626. The maximum atomic E-state index is 12.5. The first-order valence-electron chi connectivity index (χ1n) is 8.50. The molecular weight excluding hydrogens is 350 g/mol. The van der Waals surface area contributed by atoms with Gasteiger partial charge in [-0.25, -0.2) is 4.98 Å². The van der Waals surface area contributed by atoms with E-state index in [1.807, 2.05) is 29.3 Å². The van der Waals surface area contributed by atoms with E-state index in [0.29, 0.717) is 30.2 Å². The highest BCUT2D eigenvalue weighted by Gasteiger charge is 2.22. The fourth-order valence-electron chi connectivity index (χ4n) is 3.08. The summed E-state index contributed by atoms with van der Waals surface area (Å²) in [6.07, 6.45) is 3.38. The van der Waals surface area contributed by atoms with Crippen LogP contribution < -0.4 is 5.56 Å². The standard InChI is InChI=1S/C18H19N5O2S/c1-13-2-3-14(11-19-13)17(25)22-6-4-21(5-7-22)12-15-10-16(24)23-8-9-26-18(23)20-15/h2-3,8-11H,4-7,12H2,1H3. The molecule has 4 rings (SSSR count). The summed E-state index contributed by atoms with van der Waals surface area (Å²) in [5.74, 6) is 0.0218. The van der Waals surface area contributed by atoms with Gasteiger partial charge in [0, 0.05) is 62.3 Å². The molecule has 0 saturated carbocycles. The van der Waals surface area contributed by atoms with Crippen molar-refractivity contribution in [3.8, 4) is 0 Å². The fraction of sp³-hybridized carbons (Fsp3) is 0.333. The molecule has 0 N–H and O–H groups in total. The van der Waals surface area contributed by atoms with Gasteiger partial charge in [0.05, 0.1) is 11.3 Å². The van der Waals surface area contributed by atoms with Gasteiger partial charge in [0.2, 0.25) is 0 Å². The molecular formula is C18H19N5O2S. The van der Waals surface area contributed by atoms with E-state index in [9.17, 15) is 9.59 Å². The van der Waals surface area contributed by atoms with E-state index in [2.05, 4.69) is 14.9 Å². The maximum absolute atomic E-state index is 12.5. The number of amides is 1. The monoisotopic (exact) mass is 369 g/mol. The van der Waals surface area contributed by atoms with Crippen LogP contribution in [0.4, 0.5) is 0 Å². The number of aromatic nitrogens is 3. The van der Waals surface area contributed by atoms with E-state index in [1.165, 1.54) is 11.3 Å². The molecule has 8 heteroatoms. The summed E-state index contributed by atoms with van der Waals surface area (Å²) in [5, 5.41) is 1.86. The lowest BCUT2D eigenvalue weighted by Gasteiger charge is -2.34. The summed E-state index contributed by atoms with van der Waals surface area (Å²) in [7, 11) is 0. The number of fused-ring (bicyclic) bond motifs is 1. The van der Waals surface area contributed by atoms with Crippen molar-refractivity contribution in [2.75, 3.05) is 26.2 Å². The minimum Gasteiger partial charge on any atom is -0.336 e. The van der Waals surface area contributed by atoms with Crippen molar-refractivity contribution < 1.29 is 4.79 Å². The molecule has 4 heterocycles. The van der Waals surface area contributed by atoms with Crippen LogP contribution in [-0.4, -0.2) is 56.3 Å². The number of nitrogens with zero attached hydrogens (tertiary/aromatic N) is 5. The number of piperazine rings is 1. The molecule has 1 amide bonds. The Bertz CT molecular complexity index is 987. The molecule has 3 aromatic rings. The smallest absolute Gasteiger partial charge is 0.258 e. The normalized spacial score (nSPS) is 15.5. The zero-order valence-corrected chi connectivity index (χ0v) is 15.3. The van der Waals surface area contributed by atoms with Crippen molar-refractivity contribution in [3.05, 3.63) is 63.3 Å². The highest BCUT2D eigenvalue weighted by atomic mass is 32.1. The maximum Gasteiger partial charge on any atom is 0.258 e. The van der Waals surface area contributed by atoms with Crippen LogP contribution in [-0.2, 0) is 6.54 Å². The van der Waals surface area contributed by atoms with E-state index in [4.69, 9.17) is 0 Å². The average molecular weight is 369 g/mol. The third-order valence-electron chi connectivity index (χ3n) is 4.56. The van der Waals surface area contributed by atoms with E-state index in [-0.39, 0.29) is 11.5 Å². The first-order valence-corrected chi connectivity index (χ1v) is 9.38. The minimum absolute atomic E-state index is 0.0218. The molecule has 0 spiro atoms. The van der Waals surface area contributed by atoms with Gasteiger partial charge in [-0.1, -0.05) is 0 Å². The van der Waals surface area contributed by atoms with Crippen LogP contribution in [0.5, 0.6) is 0 Å². The average Bonchev–Trinajstić information content (AvgIpc) is 3.12. The molecule has 0 atom stereocenters. The lowest BCUT2D eigenvalue weighted by atomic mass is 10.2. The molecule has 1 aliphatic heterocycles. The van der Waals surface area contributed by atoms with E-state index >= 15 is 0 Å². The second-order valence-corrected chi connectivity index (χ2v) is 7.27. The third-order valence-corrected chi connectivity index (χ3v) is 5.32. The summed E-state index contributed by atoms with van der Waals surface area (Å²) >= 11 is 1.46. The van der Waals surface area contributed by atoms with Gasteiger partial charge >= 0.3 is 0 Å². The van der Waals surface area contributed by atoms with Crippen molar-refractivity contribution in [1.29, 1.82) is 0 Å². The van der Waals surface area contributed by atoms with E-state index < -0.39 is 0 Å². The number of carbonyl (C=O) groups is 1. The number of hydrogen-bond acceptors (Lipinski definition) is 6. The predicted molar refractivity (Wildman–Crippen MR) is 99.5 cm³/mol. The van der Waals surface area contributed by atoms with Crippen LogP contribution in [0.2, 0.25) is 0 Å². The first kappa shape index (κ1) is 16.9. The Morgan fingerprint density at radius 1 is 1.23 bits per heavy atom. The molecule has 3 aromatic heterocycles. The molecule has 1 saturated heterocycles. The summed E-state index contributed by atoms with van der Waals surface area (Å²) in [6.45, 7) is 5.37. The molecule has 1 fully saturated rings. The molecule has 0 radical (unpaired) electrons. The Balaban J connectivity index is 1.39. The fourth-order valence-corrected chi connectivity index (χ4v) is 3.82. The van der Waals surface area contributed by atoms with Crippen LogP contribution in [0, 0.1) is 6.92 Å². The quantitative estimate of drug-likeness (QED) is 0.698. The summed E-state index contributed by atoms with van der Waals surface area (Å²) < 4.78 is 1.56. The summed E-state index contributed by atoms with van der Waals surface area (Å²) in [4.78, 5) is 38.2. The molecule has 7 nitrogen and oxygen atoms in total. The number of hydrogen-bond donors (Lipinski definition) is 0. The molecule has 134 valence electrons. The van der Waals surface area contributed by atoms with Crippen molar-refractivity contribution in [2.24, 2.45) is 0 Å². The summed E-state index contributed by atoms with van der Waals surface area (Å²) in [5.41, 5.74) is 2.26. The Morgan fingerprint density at radius 3 is 2.77 bits per heavy atom. The molecule has 26 heavy (non-hydrogen) atoms. The number of thiazole rings is 1. The number of rotatable bonds is 3. The van der Waals surface area contributed by atoms with Gasteiger partial charge in [-0.2, -0.15) is 0 Å². The highest BCUT2D eigenvalue weighted by Crippen LogP contribution is 2.12. The Kier molecular flexibility index (Phi) is 4.52. The van der Waals surface area contributed by atoms with Gasteiger partial charge < -0.3 is 4.90 Å². The zero-order valence-electron chi connectivity index (χ0n) is 14.5. The van der Waals surface area contributed by atoms with Crippen molar-refractivity contribution in [1.82, 2.24) is 24.2 Å². The van der Waals surface area contributed by atoms with Gasteiger partial charge in [0.15, 0.2) is 4.96 Å². The second-order valence-electron chi connectivity index (χ2n) is 6.40. The van der Waals surface area contributed by atoms with Gasteiger partial charge in [-0.15, -0.1) is 11.3 Å². The van der Waals surface area contributed by atoms with Crippen LogP contribution in [0.15, 0.2) is 40.8 Å². The number of aryl methyl sites for hydroxylation is 1. The Morgan fingerprint density at radius 2 is 2.04 bits per heavy atom. The van der Waals surface area contributed by atoms with Crippen molar-refractivity contribution >= 4 is 22.2 Å². The van der Waals surface area contributed by atoms with Crippen LogP contribution in [0.1, 0.15) is 21.7 Å². The van der Waals surface area contributed by atoms with Crippen LogP contribution >= 0.6 is 11.3 Å². The summed E-state index contributed by atoms with van der Waals surface area (Å²) in [6, 6.07) is 5.27. The molecule has 0 aromatic carbocycles. The van der Waals surface area contributed by atoms with E-state index in [0.717, 1.165) is 24.5 Å². The largest absolute Gasteiger partial charge is 0.336 e. The lowest BCUT2D eigenvalue weighted by Crippen LogP contribution is -2.48. The number of pyridine rings is 1. The second kappa shape index (κ2) is 6.97. The van der Waals surface area contributed by atoms with Crippen molar-refractivity contribution in [3.63, 3.8) is 0 Å². The number of carbonyl (C=O) groups excluding carboxylic acids is 1. The van der Waals surface area contributed by atoms with Crippen LogP contribution in [0.3, 0.4) is 0 Å². The van der Waals surface area contributed by atoms with Crippen LogP contribution in [0.25, 0.3) is 4.96 Å². The van der Waals surface area contributed by atoms with E-state index in [1.54, 1.807) is 22.9 Å².